The fraction of sp³-hybridized carbons (Fsp3) is 0.286. The van der Waals surface area contributed by atoms with E-state index in [2.05, 4.69) is 10.4 Å². The molecule has 0 radical (unpaired) electrons. The van der Waals surface area contributed by atoms with Crippen molar-refractivity contribution in [2.75, 3.05) is 16.8 Å². The second kappa shape index (κ2) is 6.86. The van der Waals surface area contributed by atoms with Gasteiger partial charge in [-0.05, 0) is 18.2 Å². The Kier molecular flexibility index (Phi) is 5.09. The zero-order valence-corrected chi connectivity index (χ0v) is 13.1. The van der Waals surface area contributed by atoms with Crippen LogP contribution in [0.2, 0.25) is 0 Å². The van der Waals surface area contributed by atoms with E-state index in [1.807, 2.05) is 0 Å². The predicted octanol–water partition coefficient (Wildman–Crippen LogP) is 1.85. The van der Waals surface area contributed by atoms with E-state index in [0.29, 0.717) is 5.69 Å². The van der Waals surface area contributed by atoms with E-state index in [1.54, 1.807) is 6.92 Å². The van der Waals surface area contributed by atoms with Crippen molar-refractivity contribution in [1.29, 1.82) is 0 Å². The summed E-state index contributed by atoms with van der Waals surface area (Å²) < 4.78 is 50.2. The molecule has 9 heteroatoms. The van der Waals surface area contributed by atoms with E-state index in [1.165, 1.54) is 17.1 Å². The van der Waals surface area contributed by atoms with Crippen molar-refractivity contribution in [1.82, 2.24) is 9.78 Å². The molecule has 1 amide bonds. The monoisotopic (exact) mass is 343 g/mol. The highest BCUT2D eigenvalue weighted by Crippen LogP contribution is 2.12. The highest BCUT2D eigenvalue weighted by Gasteiger charge is 2.12. The van der Waals surface area contributed by atoms with Crippen LogP contribution >= 0.6 is 0 Å². The Morgan fingerprint density at radius 1 is 1.30 bits per heavy atom. The Labute approximate surface area is 132 Å². The number of benzene rings is 1. The molecule has 0 atom stereocenters. The van der Waals surface area contributed by atoms with Crippen LogP contribution in [0.3, 0.4) is 0 Å². The molecule has 0 aliphatic heterocycles. The first-order valence-electron chi connectivity index (χ1n) is 6.80. The lowest BCUT2D eigenvalue weighted by molar-refractivity contribution is 0.102. The Morgan fingerprint density at radius 3 is 2.70 bits per heavy atom. The van der Waals surface area contributed by atoms with Gasteiger partial charge in [0.2, 0.25) is 0 Å². The first kappa shape index (κ1) is 17.1. The normalized spacial score (nSPS) is 11.4. The molecular formula is C14H15F2N3O3S. The number of nitrogens with zero attached hydrogens (tertiary/aromatic N) is 2. The number of carbonyl (C=O) groups excluding carboxylic acids is 1. The number of carbonyl (C=O) groups is 1. The van der Waals surface area contributed by atoms with Crippen LogP contribution in [0, 0.1) is 11.6 Å². The van der Waals surface area contributed by atoms with Crippen molar-refractivity contribution in [3.63, 3.8) is 0 Å². The number of hydrogen-bond acceptors (Lipinski definition) is 4. The molecule has 124 valence electrons. The summed E-state index contributed by atoms with van der Waals surface area (Å²) >= 11 is 0. The predicted molar refractivity (Wildman–Crippen MR) is 80.9 cm³/mol. The molecule has 2 rings (SSSR count). The maximum Gasteiger partial charge on any atom is 0.255 e. The number of anilines is 1. The molecule has 2 aromatic rings. The molecule has 1 aromatic heterocycles. The summed E-state index contributed by atoms with van der Waals surface area (Å²) in [7, 11) is -3.11. The van der Waals surface area contributed by atoms with E-state index in [-0.39, 0.29) is 23.6 Å². The van der Waals surface area contributed by atoms with Gasteiger partial charge in [-0.1, -0.05) is 6.92 Å². The van der Waals surface area contributed by atoms with Gasteiger partial charge in [-0.15, -0.1) is 0 Å². The SMILES string of the molecule is CCS(=O)(=O)CCn1cc(NC(=O)c2ccc(F)c(F)c2)cn1. The van der Waals surface area contributed by atoms with Crippen molar-refractivity contribution in [2.45, 2.75) is 13.5 Å². The maximum atomic E-state index is 13.1. The van der Waals surface area contributed by atoms with Crippen molar-refractivity contribution < 1.29 is 22.0 Å². The van der Waals surface area contributed by atoms with E-state index in [4.69, 9.17) is 0 Å². The zero-order valence-electron chi connectivity index (χ0n) is 12.3. The topological polar surface area (TPSA) is 81.1 Å². The molecule has 1 heterocycles. The Bertz CT molecular complexity index is 818. The summed E-state index contributed by atoms with van der Waals surface area (Å²) in [5, 5.41) is 6.41. The third kappa shape index (κ3) is 4.59. The smallest absolute Gasteiger partial charge is 0.255 e. The lowest BCUT2D eigenvalue weighted by Crippen LogP contribution is -2.15. The zero-order chi connectivity index (χ0) is 17.0. The number of amides is 1. The van der Waals surface area contributed by atoms with Gasteiger partial charge in [0.1, 0.15) is 0 Å². The molecule has 0 fully saturated rings. The third-order valence-corrected chi connectivity index (χ3v) is 4.83. The minimum Gasteiger partial charge on any atom is -0.319 e. The summed E-state index contributed by atoms with van der Waals surface area (Å²) in [5.41, 5.74) is 0.291. The summed E-state index contributed by atoms with van der Waals surface area (Å²) in [6.45, 7) is 1.73. The Balaban J connectivity index is 2.01. The lowest BCUT2D eigenvalue weighted by atomic mass is 10.2. The average Bonchev–Trinajstić information content (AvgIpc) is 2.95. The summed E-state index contributed by atoms with van der Waals surface area (Å²) in [4.78, 5) is 11.9. The van der Waals surface area contributed by atoms with E-state index < -0.39 is 27.4 Å². The number of rotatable bonds is 6. The number of sulfone groups is 1. The summed E-state index contributed by atoms with van der Waals surface area (Å²) in [6.07, 6.45) is 2.80. The number of hydrogen-bond donors (Lipinski definition) is 1. The van der Waals surface area contributed by atoms with Gasteiger partial charge in [0.25, 0.3) is 5.91 Å². The van der Waals surface area contributed by atoms with Crippen LogP contribution in [0.4, 0.5) is 14.5 Å². The third-order valence-electron chi connectivity index (χ3n) is 3.14. The van der Waals surface area contributed by atoms with Gasteiger partial charge in [-0.2, -0.15) is 5.10 Å². The van der Waals surface area contributed by atoms with Crippen molar-refractivity contribution >= 4 is 21.4 Å². The highest BCUT2D eigenvalue weighted by molar-refractivity contribution is 7.91. The Hall–Kier alpha value is -2.29. The highest BCUT2D eigenvalue weighted by atomic mass is 32.2. The van der Waals surface area contributed by atoms with Crippen molar-refractivity contribution in [2.24, 2.45) is 0 Å². The Morgan fingerprint density at radius 2 is 2.04 bits per heavy atom. The van der Waals surface area contributed by atoms with Gasteiger partial charge in [-0.3, -0.25) is 9.48 Å². The van der Waals surface area contributed by atoms with Gasteiger partial charge in [0, 0.05) is 17.5 Å². The average molecular weight is 343 g/mol. The molecule has 0 spiro atoms. The first-order chi connectivity index (χ1) is 10.8. The van der Waals surface area contributed by atoms with Gasteiger partial charge >= 0.3 is 0 Å². The molecule has 0 aliphatic rings. The molecule has 6 nitrogen and oxygen atoms in total. The quantitative estimate of drug-likeness (QED) is 0.868. The van der Waals surface area contributed by atoms with Crippen LogP contribution in [0.15, 0.2) is 30.6 Å². The minimum atomic E-state index is -3.11. The van der Waals surface area contributed by atoms with Crippen LogP contribution in [0.25, 0.3) is 0 Å². The maximum absolute atomic E-state index is 13.1. The first-order valence-corrected chi connectivity index (χ1v) is 8.62. The largest absolute Gasteiger partial charge is 0.319 e. The van der Waals surface area contributed by atoms with Crippen LogP contribution in [0.5, 0.6) is 0 Å². The van der Waals surface area contributed by atoms with E-state index >= 15 is 0 Å². The van der Waals surface area contributed by atoms with Gasteiger partial charge in [0.15, 0.2) is 21.5 Å². The van der Waals surface area contributed by atoms with Crippen molar-refractivity contribution in [3.05, 3.63) is 47.8 Å². The second-order valence-corrected chi connectivity index (χ2v) is 7.28. The summed E-state index contributed by atoms with van der Waals surface area (Å²) in [6, 6.07) is 2.82. The fourth-order valence-corrected chi connectivity index (χ4v) is 2.52. The molecular weight excluding hydrogens is 328 g/mol. The molecule has 0 saturated heterocycles. The number of aryl methyl sites for hydroxylation is 1. The van der Waals surface area contributed by atoms with Crippen LogP contribution in [0.1, 0.15) is 17.3 Å². The summed E-state index contributed by atoms with van der Waals surface area (Å²) in [5.74, 6) is -2.77. The second-order valence-electron chi connectivity index (χ2n) is 4.81. The van der Waals surface area contributed by atoms with Gasteiger partial charge in [0.05, 0.1) is 24.2 Å². The molecule has 0 aliphatic carbocycles. The van der Waals surface area contributed by atoms with Crippen LogP contribution in [-0.2, 0) is 16.4 Å². The van der Waals surface area contributed by atoms with Crippen molar-refractivity contribution in [3.8, 4) is 0 Å². The van der Waals surface area contributed by atoms with E-state index in [9.17, 15) is 22.0 Å². The number of halogens is 2. The minimum absolute atomic E-state index is 0.0368. The molecule has 0 saturated carbocycles. The van der Waals surface area contributed by atoms with Gasteiger partial charge in [-0.25, -0.2) is 17.2 Å². The molecule has 23 heavy (non-hydrogen) atoms. The van der Waals surface area contributed by atoms with Crippen LogP contribution in [-0.4, -0.2) is 35.6 Å². The lowest BCUT2D eigenvalue weighted by Gasteiger charge is -2.03. The molecule has 0 bridgehead atoms. The van der Waals surface area contributed by atoms with E-state index in [0.717, 1.165) is 18.2 Å². The number of aromatic nitrogens is 2. The van der Waals surface area contributed by atoms with Gasteiger partial charge < -0.3 is 5.32 Å². The molecule has 1 N–H and O–H groups in total. The number of nitrogens with one attached hydrogen (secondary N) is 1. The molecule has 1 aromatic carbocycles. The molecule has 0 unspecified atom stereocenters. The standard InChI is InChI=1S/C14H15F2N3O3S/c1-2-23(21,22)6-5-19-9-11(8-17-19)18-14(20)10-3-4-12(15)13(16)7-10/h3-4,7-9H,2,5-6H2,1H3,(H,18,20). The van der Waals surface area contributed by atoms with Crippen LogP contribution < -0.4 is 5.32 Å². The fourth-order valence-electron chi connectivity index (χ4n) is 1.77.